The first-order valence-electron chi connectivity index (χ1n) is 4.73. The summed E-state index contributed by atoms with van der Waals surface area (Å²) >= 11 is 0. The molecule has 2 heteroatoms. The average molecular weight is 178 g/mol. The summed E-state index contributed by atoms with van der Waals surface area (Å²) in [6.45, 7) is 3.20. The topological polar surface area (TPSA) is 38.0 Å². The van der Waals surface area contributed by atoms with Gasteiger partial charge >= 0.3 is 0 Å². The molecule has 0 bridgehead atoms. The van der Waals surface area contributed by atoms with Crippen molar-refractivity contribution < 1.29 is 0 Å². The predicted octanol–water partition coefficient (Wildman–Crippen LogP) is 1.73. The van der Waals surface area contributed by atoms with Crippen LogP contribution in [0.1, 0.15) is 17.5 Å². The monoisotopic (exact) mass is 178 g/mol. The summed E-state index contributed by atoms with van der Waals surface area (Å²) in [6, 6.07) is 6.12. The molecular weight excluding hydrogens is 160 g/mol. The zero-order valence-corrected chi connectivity index (χ0v) is 8.43. The average Bonchev–Trinajstić information content (AvgIpc) is 2.11. The second-order valence-electron chi connectivity index (χ2n) is 3.39. The van der Waals surface area contributed by atoms with Gasteiger partial charge < -0.3 is 11.1 Å². The highest BCUT2D eigenvalue weighted by molar-refractivity contribution is 5.44. The molecule has 1 aromatic rings. The number of nitrogen functional groups attached to an aromatic ring is 1. The van der Waals surface area contributed by atoms with Crippen LogP contribution in [0.25, 0.3) is 0 Å². The molecule has 13 heavy (non-hydrogen) atoms. The number of benzene rings is 1. The van der Waals surface area contributed by atoms with Gasteiger partial charge in [-0.05, 0) is 56.6 Å². The van der Waals surface area contributed by atoms with Crippen molar-refractivity contribution in [2.75, 3.05) is 19.3 Å². The van der Waals surface area contributed by atoms with E-state index in [1.54, 1.807) is 0 Å². The molecule has 0 aliphatic rings. The number of hydrogen-bond donors (Lipinski definition) is 2. The minimum Gasteiger partial charge on any atom is -0.399 e. The normalized spacial score (nSPS) is 10.3. The van der Waals surface area contributed by atoms with Gasteiger partial charge in [0.25, 0.3) is 0 Å². The van der Waals surface area contributed by atoms with Crippen LogP contribution in [-0.4, -0.2) is 13.6 Å². The van der Waals surface area contributed by atoms with Crippen molar-refractivity contribution in [1.29, 1.82) is 0 Å². The van der Waals surface area contributed by atoms with Crippen LogP contribution >= 0.6 is 0 Å². The van der Waals surface area contributed by atoms with Gasteiger partial charge in [0.05, 0.1) is 0 Å². The maximum atomic E-state index is 5.72. The molecule has 0 atom stereocenters. The molecule has 0 aliphatic carbocycles. The van der Waals surface area contributed by atoms with Gasteiger partial charge in [-0.25, -0.2) is 0 Å². The smallest absolute Gasteiger partial charge is 0.0316 e. The third-order valence-electron chi connectivity index (χ3n) is 2.25. The molecule has 72 valence electrons. The Morgan fingerprint density at radius 3 is 2.85 bits per heavy atom. The van der Waals surface area contributed by atoms with E-state index in [1.165, 1.54) is 17.5 Å². The fourth-order valence-corrected chi connectivity index (χ4v) is 1.42. The van der Waals surface area contributed by atoms with Gasteiger partial charge in [-0.2, -0.15) is 0 Å². The molecule has 1 rings (SSSR count). The highest BCUT2D eigenvalue weighted by atomic mass is 14.8. The molecule has 0 spiro atoms. The molecule has 0 heterocycles. The fourth-order valence-electron chi connectivity index (χ4n) is 1.42. The van der Waals surface area contributed by atoms with E-state index in [0.717, 1.165) is 18.7 Å². The van der Waals surface area contributed by atoms with Crippen molar-refractivity contribution in [2.45, 2.75) is 19.8 Å². The summed E-state index contributed by atoms with van der Waals surface area (Å²) in [5.41, 5.74) is 9.29. The summed E-state index contributed by atoms with van der Waals surface area (Å²) in [7, 11) is 1.98. The third kappa shape index (κ3) is 3.07. The number of anilines is 1. The Labute approximate surface area is 80.1 Å². The van der Waals surface area contributed by atoms with Crippen LogP contribution in [0, 0.1) is 6.92 Å². The van der Waals surface area contributed by atoms with Gasteiger partial charge in [-0.1, -0.05) is 6.07 Å². The molecule has 2 nitrogen and oxygen atoms in total. The lowest BCUT2D eigenvalue weighted by atomic mass is 10.0. The van der Waals surface area contributed by atoms with Crippen LogP contribution in [0.3, 0.4) is 0 Å². The highest BCUT2D eigenvalue weighted by Crippen LogP contribution is 2.13. The van der Waals surface area contributed by atoms with E-state index in [0.29, 0.717) is 0 Å². The van der Waals surface area contributed by atoms with Gasteiger partial charge in [0, 0.05) is 5.69 Å². The largest absolute Gasteiger partial charge is 0.399 e. The first-order valence-corrected chi connectivity index (χ1v) is 4.73. The van der Waals surface area contributed by atoms with Gasteiger partial charge in [-0.15, -0.1) is 0 Å². The molecule has 0 saturated carbocycles. The Kier molecular flexibility index (Phi) is 3.77. The lowest BCUT2D eigenvalue weighted by Gasteiger charge is -2.06. The molecule has 0 aromatic heterocycles. The van der Waals surface area contributed by atoms with Gasteiger partial charge in [0.15, 0.2) is 0 Å². The molecule has 0 fully saturated rings. The lowest BCUT2D eigenvalue weighted by Crippen LogP contribution is -2.08. The Bertz CT molecular complexity index is 269. The van der Waals surface area contributed by atoms with Crippen molar-refractivity contribution in [3.63, 3.8) is 0 Å². The van der Waals surface area contributed by atoms with Crippen LogP contribution in [0.4, 0.5) is 5.69 Å². The molecule has 0 saturated heterocycles. The lowest BCUT2D eigenvalue weighted by molar-refractivity contribution is 0.723. The number of rotatable bonds is 4. The first-order chi connectivity index (χ1) is 6.24. The van der Waals surface area contributed by atoms with Gasteiger partial charge in [0.1, 0.15) is 0 Å². The zero-order valence-electron chi connectivity index (χ0n) is 8.43. The quantitative estimate of drug-likeness (QED) is 0.544. The standard InChI is InChI=1S/C11H18N2/c1-9-5-6-11(12)8-10(9)4-3-7-13-2/h5-6,8,13H,3-4,7,12H2,1-2H3. The van der Waals surface area contributed by atoms with Crippen LogP contribution in [-0.2, 0) is 6.42 Å². The van der Waals surface area contributed by atoms with Crippen LogP contribution in [0.15, 0.2) is 18.2 Å². The van der Waals surface area contributed by atoms with Crippen molar-refractivity contribution >= 4 is 5.69 Å². The van der Waals surface area contributed by atoms with E-state index >= 15 is 0 Å². The first kappa shape index (κ1) is 10.1. The van der Waals surface area contributed by atoms with Crippen LogP contribution in [0.5, 0.6) is 0 Å². The summed E-state index contributed by atoms with van der Waals surface area (Å²) in [5, 5.41) is 3.14. The Hall–Kier alpha value is -1.02. The fraction of sp³-hybridized carbons (Fsp3) is 0.455. The van der Waals surface area contributed by atoms with Crippen molar-refractivity contribution in [3.05, 3.63) is 29.3 Å². The molecule has 0 aliphatic heterocycles. The Balaban J connectivity index is 2.59. The van der Waals surface area contributed by atoms with E-state index in [-0.39, 0.29) is 0 Å². The molecule has 0 amide bonds. The number of nitrogens with two attached hydrogens (primary N) is 1. The maximum Gasteiger partial charge on any atom is 0.0316 e. The molecule has 3 N–H and O–H groups in total. The van der Waals surface area contributed by atoms with Gasteiger partial charge in [0.2, 0.25) is 0 Å². The van der Waals surface area contributed by atoms with E-state index < -0.39 is 0 Å². The summed E-state index contributed by atoms with van der Waals surface area (Å²) in [5.74, 6) is 0. The van der Waals surface area contributed by atoms with E-state index in [4.69, 9.17) is 5.73 Å². The maximum absolute atomic E-state index is 5.72. The molecule has 1 aromatic carbocycles. The number of aryl methyl sites for hydroxylation is 2. The van der Waals surface area contributed by atoms with Crippen molar-refractivity contribution in [1.82, 2.24) is 5.32 Å². The molecule has 0 radical (unpaired) electrons. The van der Waals surface area contributed by atoms with Crippen LogP contribution < -0.4 is 11.1 Å². The summed E-state index contributed by atoms with van der Waals surface area (Å²) in [4.78, 5) is 0. The SMILES string of the molecule is CNCCCc1cc(N)ccc1C. The highest BCUT2D eigenvalue weighted by Gasteiger charge is 1.98. The van der Waals surface area contributed by atoms with Gasteiger partial charge in [-0.3, -0.25) is 0 Å². The van der Waals surface area contributed by atoms with E-state index in [2.05, 4.69) is 24.4 Å². The molecule has 0 unspecified atom stereocenters. The zero-order chi connectivity index (χ0) is 9.68. The molecular formula is C11H18N2. The van der Waals surface area contributed by atoms with E-state index in [9.17, 15) is 0 Å². The van der Waals surface area contributed by atoms with E-state index in [1.807, 2.05) is 13.1 Å². The summed E-state index contributed by atoms with van der Waals surface area (Å²) < 4.78 is 0. The van der Waals surface area contributed by atoms with Crippen molar-refractivity contribution in [3.8, 4) is 0 Å². The minimum absolute atomic E-state index is 0.866. The summed E-state index contributed by atoms with van der Waals surface area (Å²) in [6.07, 6.45) is 2.28. The minimum atomic E-state index is 0.866. The Morgan fingerprint density at radius 2 is 2.15 bits per heavy atom. The van der Waals surface area contributed by atoms with Crippen molar-refractivity contribution in [2.24, 2.45) is 0 Å². The van der Waals surface area contributed by atoms with Crippen LogP contribution in [0.2, 0.25) is 0 Å². The number of hydrogen-bond acceptors (Lipinski definition) is 2. The second-order valence-corrected chi connectivity index (χ2v) is 3.39. The number of nitrogens with one attached hydrogen (secondary N) is 1. The third-order valence-corrected chi connectivity index (χ3v) is 2.25. The second kappa shape index (κ2) is 4.87. The Morgan fingerprint density at radius 1 is 1.38 bits per heavy atom. The predicted molar refractivity (Wildman–Crippen MR) is 57.8 cm³/mol.